The summed E-state index contributed by atoms with van der Waals surface area (Å²) >= 11 is 0. The van der Waals surface area contributed by atoms with Crippen LogP contribution in [0.2, 0.25) is 0 Å². The third kappa shape index (κ3) is 8.62. The molecule has 1 saturated carbocycles. The van der Waals surface area contributed by atoms with Gasteiger partial charge in [-0.2, -0.15) is 0 Å². The van der Waals surface area contributed by atoms with Crippen molar-refractivity contribution in [1.82, 2.24) is 0 Å². The number of Topliss-reactive ketones (excluding diaryl/α,β-unsaturated/α-hetero) is 1. The molecule has 3 nitrogen and oxygen atoms in total. The number of hydrogen-bond acceptors (Lipinski definition) is 3. The zero-order chi connectivity index (χ0) is 16.9. The van der Waals surface area contributed by atoms with Crippen molar-refractivity contribution in [3.63, 3.8) is 0 Å². The Balaban J connectivity index is 1.60. The lowest BCUT2D eigenvalue weighted by atomic mass is 9.88. The Kier molecular flexibility index (Phi) is 10.7. The minimum absolute atomic E-state index is 0.0294. The van der Waals surface area contributed by atoms with Crippen molar-refractivity contribution in [3.8, 4) is 0 Å². The Hall–Kier alpha value is -0.410. The zero-order valence-electron chi connectivity index (χ0n) is 15.6. The van der Waals surface area contributed by atoms with Crippen LogP contribution >= 0.6 is 0 Å². The monoisotopic (exact) mass is 338 g/mol. The zero-order valence-corrected chi connectivity index (χ0v) is 15.6. The van der Waals surface area contributed by atoms with E-state index >= 15 is 0 Å². The molecule has 0 aromatic carbocycles. The van der Waals surface area contributed by atoms with Crippen molar-refractivity contribution in [2.24, 2.45) is 5.92 Å². The van der Waals surface area contributed by atoms with Gasteiger partial charge in [0, 0.05) is 25.6 Å². The average Bonchev–Trinajstić information content (AvgIpc) is 2.60. The molecule has 140 valence electrons. The van der Waals surface area contributed by atoms with Crippen LogP contribution in [-0.4, -0.2) is 25.3 Å². The minimum atomic E-state index is 0.0294. The summed E-state index contributed by atoms with van der Waals surface area (Å²) in [6, 6.07) is 0. The number of ketones is 1. The molecule has 0 N–H and O–H groups in total. The van der Waals surface area contributed by atoms with Gasteiger partial charge in [0.05, 0.1) is 0 Å². The largest absolute Gasteiger partial charge is 0.353 e. The lowest BCUT2D eigenvalue weighted by Gasteiger charge is -2.22. The predicted molar refractivity (Wildman–Crippen MR) is 98.1 cm³/mol. The van der Waals surface area contributed by atoms with Gasteiger partial charge in [-0.1, -0.05) is 51.4 Å². The molecule has 2 unspecified atom stereocenters. The minimum Gasteiger partial charge on any atom is -0.353 e. The fourth-order valence-corrected chi connectivity index (χ4v) is 3.97. The van der Waals surface area contributed by atoms with Gasteiger partial charge in [-0.25, -0.2) is 0 Å². The third-order valence-corrected chi connectivity index (χ3v) is 5.57. The van der Waals surface area contributed by atoms with E-state index in [1.165, 1.54) is 57.8 Å². The Morgan fingerprint density at radius 3 is 2.29 bits per heavy atom. The van der Waals surface area contributed by atoms with Crippen molar-refractivity contribution < 1.29 is 14.3 Å². The highest BCUT2D eigenvalue weighted by Crippen LogP contribution is 2.23. The number of hydrogen-bond donors (Lipinski definition) is 0. The molecule has 3 heteroatoms. The first-order valence-corrected chi connectivity index (χ1v) is 10.6. The number of rotatable bonds is 6. The summed E-state index contributed by atoms with van der Waals surface area (Å²) in [5.41, 5.74) is 0. The molecule has 2 fully saturated rings. The number of unbranched alkanes of at least 4 members (excludes halogenated alkanes) is 1. The van der Waals surface area contributed by atoms with Gasteiger partial charge in [0.2, 0.25) is 0 Å². The van der Waals surface area contributed by atoms with Crippen molar-refractivity contribution in [1.29, 1.82) is 0 Å². The molecule has 0 radical (unpaired) electrons. The molecular formula is C21H38O3. The van der Waals surface area contributed by atoms with E-state index in [-0.39, 0.29) is 6.29 Å². The first-order chi connectivity index (χ1) is 11.9. The van der Waals surface area contributed by atoms with Crippen LogP contribution in [0.3, 0.4) is 0 Å². The maximum absolute atomic E-state index is 12.5. The van der Waals surface area contributed by atoms with Crippen molar-refractivity contribution in [2.75, 3.05) is 13.2 Å². The fraction of sp³-hybridized carbons (Fsp3) is 0.952. The van der Waals surface area contributed by atoms with E-state index in [9.17, 15) is 4.79 Å². The van der Waals surface area contributed by atoms with Gasteiger partial charge >= 0.3 is 0 Å². The summed E-state index contributed by atoms with van der Waals surface area (Å²) in [5, 5.41) is 0. The van der Waals surface area contributed by atoms with Gasteiger partial charge in [-0.05, 0) is 44.9 Å². The van der Waals surface area contributed by atoms with Crippen LogP contribution in [0.15, 0.2) is 0 Å². The quantitative estimate of drug-likeness (QED) is 0.574. The van der Waals surface area contributed by atoms with E-state index in [0.717, 1.165) is 58.2 Å². The van der Waals surface area contributed by atoms with E-state index in [0.29, 0.717) is 11.7 Å². The van der Waals surface area contributed by atoms with Crippen LogP contribution in [0.4, 0.5) is 0 Å². The second kappa shape index (κ2) is 12.9. The maximum atomic E-state index is 12.5. The topological polar surface area (TPSA) is 35.5 Å². The molecular weight excluding hydrogens is 300 g/mol. The lowest BCUT2D eigenvalue weighted by molar-refractivity contribution is -0.162. The smallest absolute Gasteiger partial charge is 0.157 e. The first kappa shape index (κ1) is 19.9. The summed E-state index contributed by atoms with van der Waals surface area (Å²) in [4.78, 5) is 12.5. The molecule has 0 spiro atoms. The molecule has 1 heterocycles. The Morgan fingerprint density at radius 2 is 1.54 bits per heavy atom. The van der Waals surface area contributed by atoms with Gasteiger partial charge in [0.15, 0.2) is 6.29 Å². The second-order valence-corrected chi connectivity index (χ2v) is 7.69. The van der Waals surface area contributed by atoms with Gasteiger partial charge in [0.25, 0.3) is 0 Å². The SMILES string of the molecule is O=C1CCCCCCCCCCC1CCCCOC1CCCCO1. The van der Waals surface area contributed by atoms with Crippen molar-refractivity contribution in [3.05, 3.63) is 0 Å². The van der Waals surface area contributed by atoms with Gasteiger partial charge in [-0.15, -0.1) is 0 Å². The van der Waals surface area contributed by atoms with Gasteiger partial charge in [-0.3, -0.25) is 4.79 Å². The van der Waals surface area contributed by atoms with Crippen LogP contribution in [0.5, 0.6) is 0 Å². The van der Waals surface area contributed by atoms with Crippen LogP contribution in [-0.2, 0) is 14.3 Å². The molecule has 2 rings (SSSR count). The molecule has 2 atom stereocenters. The third-order valence-electron chi connectivity index (χ3n) is 5.57. The fourth-order valence-electron chi connectivity index (χ4n) is 3.97. The highest BCUT2D eigenvalue weighted by molar-refractivity contribution is 5.80. The molecule has 0 aromatic rings. The first-order valence-electron chi connectivity index (χ1n) is 10.6. The van der Waals surface area contributed by atoms with E-state index in [1.807, 2.05) is 0 Å². The Morgan fingerprint density at radius 1 is 0.833 bits per heavy atom. The van der Waals surface area contributed by atoms with Crippen molar-refractivity contribution in [2.45, 2.75) is 109 Å². The molecule has 0 aromatic heterocycles. The van der Waals surface area contributed by atoms with Crippen LogP contribution in [0, 0.1) is 5.92 Å². The molecule has 0 amide bonds. The molecule has 0 bridgehead atoms. The van der Waals surface area contributed by atoms with E-state index in [4.69, 9.17) is 9.47 Å². The lowest BCUT2D eigenvalue weighted by Crippen LogP contribution is -2.22. The predicted octanol–water partition coefficient (Wildman–Crippen LogP) is 5.80. The normalized spacial score (nSPS) is 28.1. The molecule has 1 aliphatic carbocycles. The van der Waals surface area contributed by atoms with Gasteiger partial charge < -0.3 is 9.47 Å². The molecule has 1 aliphatic heterocycles. The molecule has 24 heavy (non-hydrogen) atoms. The number of carbonyl (C=O) groups is 1. The number of carbonyl (C=O) groups excluding carboxylic acids is 1. The van der Waals surface area contributed by atoms with Crippen LogP contribution in [0.25, 0.3) is 0 Å². The summed E-state index contributed by atoms with van der Waals surface area (Å²) in [5.74, 6) is 0.850. The van der Waals surface area contributed by atoms with Crippen LogP contribution < -0.4 is 0 Å². The summed E-state index contributed by atoms with van der Waals surface area (Å²) in [6.45, 7) is 1.63. The summed E-state index contributed by atoms with van der Waals surface area (Å²) < 4.78 is 11.4. The second-order valence-electron chi connectivity index (χ2n) is 7.69. The van der Waals surface area contributed by atoms with Crippen LogP contribution in [0.1, 0.15) is 103 Å². The average molecular weight is 339 g/mol. The van der Waals surface area contributed by atoms with E-state index in [1.54, 1.807) is 0 Å². The summed E-state index contributed by atoms with van der Waals surface area (Å²) in [7, 11) is 0. The summed E-state index contributed by atoms with van der Waals surface area (Å²) in [6.07, 6.45) is 19.0. The van der Waals surface area contributed by atoms with Gasteiger partial charge in [0.1, 0.15) is 5.78 Å². The maximum Gasteiger partial charge on any atom is 0.157 e. The number of ether oxygens (including phenoxy) is 2. The Bertz CT molecular complexity index is 323. The highest BCUT2D eigenvalue weighted by Gasteiger charge is 2.18. The molecule has 1 saturated heterocycles. The van der Waals surface area contributed by atoms with E-state index in [2.05, 4.69) is 0 Å². The standard InChI is InChI=1S/C21H38O3/c22-20-15-8-6-4-2-1-3-5-7-13-19(20)14-9-11-17-23-21-16-10-12-18-24-21/h19,21H,1-18H2. The highest BCUT2D eigenvalue weighted by atomic mass is 16.7. The Labute approximate surface area is 148 Å². The van der Waals surface area contributed by atoms with Crippen molar-refractivity contribution >= 4 is 5.78 Å². The van der Waals surface area contributed by atoms with E-state index < -0.39 is 0 Å². The molecule has 2 aliphatic rings.